The van der Waals surface area contributed by atoms with Gasteiger partial charge in [-0.1, -0.05) is 47.8 Å². The van der Waals surface area contributed by atoms with E-state index in [2.05, 4.69) is 10.6 Å². The molecule has 1 amide bonds. The lowest BCUT2D eigenvalue weighted by Gasteiger charge is -2.44. The number of carbonyl (C=O) groups excluding carboxylic acids is 1. The summed E-state index contributed by atoms with van der Waals surface area (Å²) in [6, 6.07) is 5.39. The number of nitrogens with zero attached hydrogens (tertiary/aromatic N) is 2. The summed E-state index contributed by atoms with van der Waals surface area (Å²) in [6.45, 7) is 3.95. The second-order valence-corrected chi connectivity index (χ2v) is 10.1. The molecule has 0 aliphatic carbocycles. The lowest BCUT2D eigenvalue weighted by atomic mass is 9.83. The molecule has 3 rings (SSSR count). The highest BCUT2D eigenvalue weighted by Gasteiger charge is 2.38. The maximum Gasteiger partial charge on any atom is 0.250 e. The van der Waals surface area contributed by atoms with Gasteiger partial charge in [0.1, 0.15) is 6.17 Å². The predicted octanol–water partition coefficient (Wildman–Crippen LogP) is 2.75. The molecule has 28 heavy (non-hydrogen) atoms. The third-order valence-corrected chi connectivity index (χ3v) is 6.18. The van der Waals surface area contributed by atoms with Gasteiger partial charge in [-0.15, -0.1) is 0 Å². The fourth-order valence-electron chi connectivity index (χ4n) is 3.94. The van der Waals surface area contributed by atoms with Crippen molar-refractivity contribution in [2.75, 3.05) is 13.1 Å². The van der Waals surface area contributed by atoms with Crippen molar-refractivity contribution in [2.24, 2.45) is 5.92 Å². The Morgan fingerprint density at radius 2 is 2.04 bits per heavy atom. The molecule has 2 aliphatic rings. The Balaban J connectivity index is 1.71. The number of carbonyl (C=O) groups is 1. The first-order chi connectivity index (χ1) is 13.2. The van der Waals surface area contributed by atoms with Gasteiger partial charge in [-0.2, -0.15) is 0 Å². The third kappa shape index (κ3) is 4.93. The molecule has 1 aromatic rings. The SMILES string of the molecule is CCCC(=O)NC(NC(=S)N1C[C@@H]2C[C@@H](C1)c1cccc(=O)n1C2)C(Cl)(Cl)Cl. The summed E-state index contributed by atoms with van der Waals surface area (Å²) in [7, 11) is 0. The summed E-state index contributed by atoms with van der Waals surface area (Å²) in [6.07, 6.45) is 1.12. The molecule has 0 spiro atoms. The number of nitrogens with one attached hydrogen (secondary N) is 2. The smallest absolute Gasteiger partial charge is 0.250 e. The first-order valence-corrected chi connectivity index (χ1v) is 10.8. The number of hydrogen-bond donors (Lipinski definition) is 2. The molecule has 3 heterocycles. The van der Waals surface area contributed by atoms with Crippen LogP contribution in [0.3, 0.4) is 0 Å². The predicted molar refractivity (Wildman–Crippen MR) is 116 cm³/mol. The molecule has 2 bridgehead atoms. The van der Waals surface area contributed by atoms with E-state index in [4.69, 9.17) is 47.0 Å². The minimum absolute atomic E-state index is 0.0382. The molecule has 0 radical (unpaired) electrons. The number of amides is 1. The fourth-order valence-corrected chi connectivity index (χ4v) is 4.53. The van der Waals surface area contributed by atoms with Gasteiger partial charge in [0, 0.05) is 43.7 Å². The molecule has 2 aliphatic heterocycles. The van der Waals surface area contributed by atoms with Crippen molar-refractivity contribution < 1.29 is 4.79 Å². The van der Waals surface area contributed by atoms with E-state index >= 15 is 0 Å². The topological polar surface area (TPSA) is 66.4 Å². The number of hydrogen-bond acceptors (Lipinski definition) is 3. The molecule has 2 N–H and O–H groups in total. The van der Waals surface area contributed by atoms with Crippen LogP contribution in [0.1, 0.15) is 37.8 Å². The van der Waals surface area contributed by atoms with Gasteiger partial charge in [0.05, 0.1) is 0 Å². The highest BCUT2D eigenvalue weighted by atomic mass is 35.6. The summed E-state index contributed by atoms with van der Waals surface area (Å²) in [4.78, 5) is 26.2. The summed E-state index contributed by atoms with van der Waals surface area (Å²) in [5.74, 6) is 0.312. The molecule has 1 fully saturated rings. The molecular weight excluding hydrogens is 443 g/mol. The summed E-state index contributed by atoms with van der Waals surface area (Å²) in [5.41, 5.74) is 1.07. The zero-order valence-electron chi connectivity index (χ0n) is 15.5. The van der Waals surface area contributed by atoms with Crippen molar-refractivity contribution in [3.8, 4) is 0 Å². The number of alkyl halides is 3. The molecule has 0 aromatic carbocycles. The van der Waals surface area contributed by atoms with Gasteiger partial charge >= 0.3 is 0 Å². The molecule has 3 atom stereocenters. The Labute approximate surface area is 184 Å². The van der Waals surface area contributed by atoms with Crippen molar-refractivity contribution in [1.29, 1.82) is 0 Å². The number of piperidine rings is 1. The molecule has 154 valence electrons. The fraction of sp³-hybridized carbons (Fsp3) is 0.611. The van der Waals surface area contributed by atoms with Crippen molar-refractivity contribution in [1.82, 2.24) is 20.1 Å². The van der Waals surface area contributed by atoms with E-state index in [1.807, 2.05) is 22.5 Å². The van der Waals surface area contributed by atoms with Crippen molar-refractivity contribution in [3.63, 3.8) is 0 Å². The van der Waals surface area contributed by atoms with E-state index in [9.17, 15) is 9.59 Å². The van der Waals surface area contributed by atoms with E-state index < -0.39 is 9.96 Å². The van der Waals surface area contributed by atoms with Crippen LogP contribution in [0.2, 0.25) is 0 Å². The van der Waals surface area contributed by atoms with Crippen LogP contribution in [0, 0.1) is 5.92 Å². The number of fused-ring (bicyclic) bond motifs is 4. The molecule has 10 heteroatoms. The number of aromatic nitrogens is 1. The number of thiocarbonyl (C=S) groups is 1. The third-order valence-electron chi connectivity index (χ3n) is 5.14. The van der Waals surface area contributed by atoms with E-state index in [0.717, 1.165) is 12.1 Å². The van der Waals surface area contributed by atoms with Crippen molar-refractivity contribution >= 4 is 58.0 Å². The average molecular weight is 466 g/mol. The zero-order valence-corrected chi connectivity index (χ0v) is 18.5. The molecule has 0 saturated carbocycles. The molecule has 1 saturated heterocycles. The second-order valence-electron chi connectivity index (χ2n) is 7.34. The number of rotatable bonds is 4. The zero-order chi connectivity index (χ0) is 20.5. The maximum absolute atomic E-state index is 12.1. The summed E-state index contributed by atoms with van der Waals surface area (Å²) < 4.78 is 0.112. The molecular formula is C18H23Cl3N4O2S. The normalized spacial score (nSPS) is 22.2. The van der Waals surface area contributed by atoms with Gasteiger partial charge in [-0.05, 0) is 37.0 Å². The van der Waals surface area contributed by atoms with Crippen molar-refractivity contribution in [3.05, 3.63) is 34.2 Å². The van der Waals surface area contributed by atoms with Crippen LogP contribution in [0.4, 0.5) is 0 Å². The Bertz CT molecular complexity index is 811. The van der Waals surface area contributed by atoms with Crippen LogP contribution in [-0.4, -0.2) is 43.5 Å². The minimum Gasteiger partial charge on any atom is -0.348 e. The molecule has 1 aromatic heterocycles. The van der Waals surface area contributed by atoms with Crippen LogP contribution < -0.4 is 16.2 Å². The number of halogens is 3. The first-order valence-electron chi connectivity index (χ1n) is 9.30. The van der Waals surface area contributed by atoms with Crippen LogP contribution in [0.25, 0.3) is 0 Å². The second kappa shape index (κ2) is 8.78. The Morgan fingerprint density at radius 1 is 1.29 bits per heavy atom. The van der Waals surface area contributed by atoms with E-state index in [0.29, 0.717) is 43.5 Å². The average Bonchev–Trinajstić information content (AvgIpc) is 2.61. The molecule has 1 unspecified atom stereocenters. The Hall–Kier alpha value is -1.02. The Kier molecular flexibility index (Phi) is 6.80. The quantitative estimate of drug-likeness (QED) is 0.407. The first kappa shape index (κ1) is 21.7. The van der Waals surface area contributed by atoms with E-state index in [-0.39, 0.29) is 17.4 Å². The Morgan fingerprint density at radius 3 is 2.71 bits per heavy atom. The van der Waals surface area contributed by atoms with Gasteiger partial charge in [0.25, 0.3) is 5.56 Å². The van der Waals surface area contributed by atoms with Crippen LogP contribution in [0.5, 0.6) is 0 Å². The highest BCUT2D eigenvalue weighted by molar-refractivity contribution is 7.80. The van der Waals surface area contributed by atoms with Gasteiger partial charge in [-0.25, -0.2) is 0 Å². The summed E-state index contributed by atoms with van der Waals surface area (Å²) >= 11 is 23.7. The maximum atomic E-state index is 12.1. The molecule has 6 nitrogen and oxygen atoms in total. The van der Waals surface area contributed by atoms with Gasteiger partial charge < -0.3 is 20.1 Å². The monoisotopic (exact) mass is 464 g/mol. The standard InChI is InChI=1S/C18H23Cl3N4O2S/c1-2-4-14(26)22-16(18(19,20)21)23-17(28)24-8-11-7-12(10-24)13-5-3-6-15(27)25(13)9-11/h3,5-6,11-12,16H,2,4,7-10H2,1H3,(H,22,26)(H,23,28)/t11-,12-,16?/m0/s1. The van der Waals surface area contributed by atoms with Gasteiger partial charge in [-0.3, -0.25) is 9.59 Å². The van der Waals surface area contributed by atoms with E-state index in [1.165, 1.54) is 0 Å². The highest BCUT2D eigenvalue weighted by Crippen LogP contribution is 2.35. The lowest BCUT2D eigenvalue weighted by molar-refractivity contribution is -0.121. The largest absolute Gasteiger partial charge is 0.348 e. The van der Waals surface area contributed by atoms with Gasteiger partial charge in [0.15, 0.2) is 5.11 Å². The van der Waals surface area contributed by atoms with Crippen LogP contribution >= 0.6 is 47.0 Å². The lowest BCUT2D eigenvalue weighted by Crippen LogP contribution is -2.60. The van der Waals surface area contributed by atoms with Crippen molar-refractivity contribution in [2.45, 2.75) is 48.6 Å². The van der Waals surface area contributed by atoms with Gasteiger partial charge in [0.2, 0.25) is 9.70 Å². The number of likely N-dealkylation sites (tertiary alicyclic amines) is 1. The van der Waals surface area contributed by atoms with E-state index in [1.54, 1.807) is 12.1 Å². The van der Waals surface area contributed by atoms with Crippen LogP contribution in [0.15, 0.2) is 23.0 Å². The number of pyridine rings is 1. The minimum atomic E-state index is -1.75. The van der Waals surface area contributed by atoms with Crippen LogP contribution in [-0.2, 0) is 11.3 Å². The summed E-state index contributed by atoms with van der Waals surface area (Å²) in [5, 5.41) is 6.12.